The summed E-state index contributed by atoms with van der Waals surface area (Å²) in [6.07, 6.45) is 0. The number of rotatable bonds is 3. The molecule has 0 aliphatic heterocycles. The summed E-state index contributed by atoms with van der Waals surface area (Å²) in [5.74, 6) is 5.46. The zero-order valence-corrected chi connectivity index (χ0v) is 12.3. The number of anilines is 2. The van der Waals surface area contributed by atoms with E-state index in [1.807, 2.05) is 37.3 Å². The maximum atomic E-state index is 6.28. The summed E-state index contributed by atoms with van der Waals surface area (Å²) in [5.41, 5.74) is 8.75. The third kappa shape index (κ3) is 2.81. The van der Waals surface area contributed by atoms with E-state index < -0.39 is 0 Å². The lowest BCUT2D eigenvalue weighted by atomic mass is 10.1. The Morgan fingerprint density at radius 1 is 1.15 bits per heavy atom. The molecule has 0 aliphatic carbocycles. The monoisotopic (exact) mass is 308 g/mol. The molecule has 2 aromatic carbocycles. The molecule has 0 bridgehead atoms. The van der Waals surface area contributed by atoms with Gasteiger partial charge in [0.25, 0.3) is 0 Å². The molecule has 0 spiro atoms. The molecule has 0 radical (unpaired) electrons. The summed E-state index contributed by atoms with van der Waals surface area (Å²) in [6.45, 7) is 1.91. The van der Waals surface area contributed by atoms with Crippen LogP contribution in [-0.4, -0.2) is 5.84 Å². The summed E-state index contributed by atoms with van der Waals surface area (Å²) in [7, 11) is 0. The van der Waals surface area contributed by atoms with Crippen LogP contribution in [0.4, 0.5) is 11.4 Å². The van der Waals surface area contributed by atoms with Gasteiger partial charge < -0.3 is 16.9 Å². The van der Waals surface area contributed by atoms with Crippen LogP contribution < -0.4 is 16.9 Å². The first-order chi connectivity index (χ1) is 9.54. The highest BCUT2D eigenvalue weighted by Crippen LogP contribution is 2.35. The standard InChI is InChI=1S/C14H14Cl2N4/c1-8-6-7-10(15)13(12(8)16)19-11-5-3-2-4-9(11)14(17)20-18/h2-7,19H,18H2,1H3,(H2,17,20). The second-order valence-corrected chi connectivity index (χ2v) is 5.02. The van der Waals surface area contributed by atoms with Crippen LogP contribution >= 0.6 is 23.2 Å². The van der Waals surface area contributed by atoms with Gasteiger partial charge >= 0.3 is 0 Å². The quantitative estimate of drug-likeness (QED) is 0.351. The normalized spacial score (nSPS) is 11.4. The number of amidine groups is 1. The van der Waals surface area contributed by atoms with Crippen LogP contribution in [0.3, 0.4) is 0 Å². The van der Waals surface area contributed by atoms with Crippen molar-refractivity contribution >= 4 is 40.4 Å². The molecule has 6 heteroatoms. The summed E-state index contributed by atoms with van der Waals surface area (Å²) < 4.78 is 0. The Labute approximate surface area is 127 Å². The highest BCUT2D eigenvalue weighted by molar-refractivity contribution is 6.39. The fraction of sp³-hybridized carbons (Fsp3) is 0.0714. The Morgan fingerprint density at radius 2 is 1.85 bits per heavy atom. The second kappa shape index (κ2) is 6.03. The van der Waals surface area contributed by atoms with E-state index >= 15 is 0 Å². The van der Waals surface area contributed by atoms with Gasteiger partial charge in [-0.05, 0) is 30.7 Å². The van der Waals surface area contributed by atoms with Crippen LogP contribution in [0, 0.1) is 6.92 Å². The molecule has 0 aromatic heterocycles. The summed E-state index contributed by atoms with van der Waals surface area (Å²) in [5, 5.41) is 7.79. The molecule has 0 amide bonds. The van der Waals surface area contributed by atoms with E-state index in [1.54, 1.807) is 6.07 Å². The molecule has 2 aromatic rings. The van der Waals surface area contributed by atoms with Crippen molar-refractivity contribution < 1.29 is 0 Å². The van der Waals surface area contributed by atoms with Crippen LogP contribution in [0.2, 0.25) is 10.0 Å². The van der Waals surface area contributed by atoms with Crippen molar-refractivity contribution in [1.29, 1.82) is 0 Å². The Hall–Kier alpha value is -1.91. The number of hydrogen-bond donors (Lipinski definition) is 3. The number of benzene rings is 2. The first kappa shape index (κ1) is 14.5. The number of hydrogen-bond acceptors (Lipinski definition) is 3. The van der Waals surface area contributed by atoms with E-state index in [4.69, 9.17) is 34.8 Å². The van der Waals surface area contributed by atoms with Crippen molar-refractivity contribution in [3.05, 3.63) is 57.6 Å². The minimum atomic E-state index is 0.230. The van der Waals surface area contributed by atoms with E-state index in [1.165, 1.54) is 0 Å². The lowest BCUT2D eigenvalue weighted by Crippen LogP contribution is -2.17. The molecule has 2 rings (SSSR count). The molecular formula is C14H14Cl2N4. The average Bonchev–Trinajstić information content (AvgIpc) is 2.47. The molecule has 0 saturated carbocycles. The number of halogens is 2. The van der Waals surface area contributed by atoms with Crippen LogP contribution in [0.1, 0.15) is 11.1 Å². The first-order valence-corrected chi connectivity index (χ1v) is 6.64. The molecule has 20 heavy (non-hydrogen) atoms. The van der Waals surface area contributed by atoms with Gasteiger partial charge in [0.1, 0.15) is 0 Å². The fourth-order valence-electron chi connectivity index (χ4n) is 1.79. The van der Waals surface area contributed by atoms with Gasteiger partial charge in [0.2, 0.25) is 0 Å². The molecule has 0 fully saturated rings. The Bertz CT molecular complexity index is 668. The van der Waals surface area contributed by atoms with Crippen molar-refractivity contribution in [3.8, 4) is 0 Å². The third-order valence-electron chi connectivity index (χ3n) is 2.89. The van der Waals surface area contributed by atoms with Gasteiger partial charge in [0.15, 0.2) is 5.84 Å². The predicted molar refractivity (Wildman–Crippen MR) is 85.8 cm³/mol. The van der Waals surface area contributed by atoms with Gasteiger partial charge in [-0.15, -0.1) is 0 Å². The van der Waals surface area contributed by atoms with Crippen LogP contribution in [0.15, 0.2) is 41.5 Å². The third-order valence-corrected chi connectivity index (χ3v) is 3.69. The zero-order chi connectivity index (χ0) is 14.7. The van der Waals surface area contributed by atoms with Crippen molar-refractivity contribution in [3.63, 3.8) is 0 Å². The van der Waals surface area contributed by atoms with Crippen molar-refractivity contribution in [1.82, 2.24) is 0 Å². The van der Waals surface area contributed by atoms with Gasteiger partial charge in [0, 0.05) is 11.3 Å². The topological polar surface area (TPSA) is 76.4 Å². The summed E-state index contributed by atoms with van der Waals surface area (Å²) in [4.78, 5) is 0. The van der Waals surface area contributed by atoms with Gasteiger partial charge in [0.05, 0.1) is 15.7 Å². The molecule has 4 nitrogen and oxygen atoms in total. The lowest BCUT2D eigenvalue weighted by molar-refractivity contribution is 1.23. The number of aryl methyl sites for hydroxylation is 1. The molecule has 0 atom stereocenters. The van der Waals surface area contributed by atoms with Crippen LogP contribution in [0.25, 0.3) is 0 Å². The average molecular weight is 309 g/mol. The van der Waals surface area contributed by atoms with Crippen molar-refractivity contribution in [2.75, 3.05) is 5.32 Å². The number of para-hydroxylation sites is 1. The first-order valence-electron chi connectivity index (χ1n) is 5.89. The maximum Gasteiger partial charge on any atom is 0.152 e. The molecule has 104 valence electrons. The highest BCUT2D eigenvalue weighted by Gasteiger charge is 2.12. The zero-order valence-electron chi connectivity index (χ0n) is 10.8. The second-order valence-electron chi connectivity index (χ2n) is 4.24. The fourth-order valence-corrected chi connectivity index (χ4v) is 2.26. The van der Waals surface area contributed by atoms with Crippen molar-refractivity contribution in [2.24, 2.45) is 16.7 Å². The highest BCUT2D eigenvalue weighted by atomic mass is 35.5. The van der Waals surface area contributed by atoms with E-state index in [0.29, 0.717) is 21.3 Å². The van der Waals surface area contributed by atoms with E-state index in [-0.39, 0.29) is 5.84 Å². The molecule has 0 saturated heterocycles. The van der Waals surface area contributed by atoms with Crippen LogP contribution in [0.5, 0.6) is 0 Å². The van der Waals surface area contributed by atoms with Gasteiger partial charge in [-0.3, -0.25) is 0 Å². The molecule has 5 N–H and O–H groups in total. The smallest absolute Gasteiger partial charge is 0.152 e. The van der Waals surface area contributed by atoms with E-state index in [9.17, 15) is 0 Å². The predicted octanol–water partition coefficient (Wildman–Crippen LogP) is 3.62. The molecule has 0 heterocycles. The van der Waals surface area contributed by atoms with Gasteiger partial charge in [-0.1, -0.05) is 41.4 Å². The van der Waals surface area contributed by atoms with E-state index in [2.05, 4.69) is 10.4 Å². The maximum absolute atomic E-state index is 6.28. The molecule has 0 unspecified atom stereocenters. The van der Waals surface area contributed by atoms with E-state index in [0.717, 1.165) is 11.3 Å². The largest absolute Gasteiger partial charge is 0.382 e. The molecular weight excluding hydrogens is 295 g/mol. The number of nitrogens with zero attached hydrogens (tertiary/aromatic N) is 1. The Morgan fingerprint density at radius 3 is 2.55 bits per heavy atom. The number of nitrogens with one attached hydrogen (secondary N) is 1. The minimum Gasteiger partial charge on any atom is -0.382 e. The van der Waals surface area contributed by atoms with Gasteiger partial charge in [-0.25, -0.2) is 0 Å². The number of hydrazone groups is 1. The van der Waals surface area contributed by atoms with Crippen molar-refractivity contribution in [2.45, 2.75) is 6.92 Å². The Balaban J connectivity index is 2.49. The number of nitrogens with two attached hydrogens (primary N) is 2. The summed E-state index contributed by atoms with van der Waals surface area (Å²) >= 11 is 12.5. The van der Waals surface area contributed by atoms with Crippen LogP contribution in [-0.2, 0) is 0 Å². The van der Waals surface area contributed by atoms with Gasteiger partial charge in [-0.2, -0.15) is 5.10 Å². The molecule has 0 aliphatic rings. The minimum absolute atomic E-state index is 0.230. The summed E-state index contributed by atoms with van der Waals surface area (Å²) in [6, 6.07) is 11.0. The Kier molecular flexibility index (Phi) is 4.37. The lowest BCUT2D eigenvalue weighted by Gasteiger charge is -2.15. The SMILES string of the molecule is Cc1ccc(Cl)c(Nc2ccccc2/C(N)=N/N)c1Cl.